The van der Waals surface area contributed by atoms with E-state index in [1.165, 1.54) is 6.42 Å². The highest BCUT2D eigenvalue weighted by atomic mass is 16.3. The zero-order chi connectivity index (χ0) is 9.35. The normalized spacial score (nSPS) is 43.5. The van der Waals surface area contributed by atoms with Gasteiger partial charge in [-0.15, -0.1) is 0 Å². The van der Waals surface area contributed by atoms with Crippen LogP contribution in [0.15, 0.2) is 0 Å². The number of aliphatic hydroxyl groups is 1. The van der Waals surface area contributed by atoms with Gasteiger partial charge in [-0.2, -0.15) is 0 Å². The minimum absolute atomic E-state index is 0.396. The highest BCUT2D eigenvalue weighted by molar-refractivity contribution is 4.86. The van der Waals surface area contributed by atoms with Crippen LogP contribution < -0.4 is 0 Å². The highest BCUT2D eigenvalue weighted by Gasteiger charge is 2.34. The average Bonchev–Trinajstić information content (AvgIpc) is 1.82. The molecule has 0 aliphatic heterocycles. The van der Waals surface area contributed by atoms with Gasteiger partial charge in [0.2, 0.25) is 0 Å². The Kier molecular flexibility index (Phi) is 2.82. The first-order valence-corrected chi connectivity index (χ1v) is 5.13. The quantitative estimate of drug-likeness (QED) is 0.641. The van der Waals surface area contributed by atoms with Crippen molar-refractivity contribution >= 4 is 0 Å². The third-order valence-corrected chi connectivity index (χ3v) is 3.14. The zero-order valence-electron chi connectivity index (χ0n) is 8.80. The van der Waals surface area contributed by atoms with Crippen LogP contribution in [0.25, 0.3) is 0 Å². The molecule has 0 spiro atoms. The summed E-state index contributed by atoms with van der Waals surface area (Å²) < 4.78 is 0. The summed E-state index contributed by atoms with van der Waals surface area (Å²) >= 11 is 0. The molecule has 3 unspecified atom stereocenters. The van der Waals surface area contributed by atoms with Crippen molar-refractivity contribution in [1.29, 1.82) is 0 Å². The molecule has 1 N–H and O–H groups in total. The van der Waals surface area contributed by atoms with Crippen LogP contribution in [0.5, 0.6) is 0 Å². The first-order valence-electron chi connectivity index (χ1n) is 5.13. The molecule has 1 aliphatic carbocycles. The molecule has 0 amide bonds. The van der Waals surface area contributed by atoms with Gasteiger partial charge in [-0.1, -0.05) is 20.8 Å². The molecular formula is C11H22O. The Labute approximate surface area is 76.2 Å². The maximum absolute atomic E-state index is 9.96. The smallest absolute Gasteiger partial charge is 0.0625 e. The minimum atomic E-state index is -0.396. The fourth-order valence-electron chi connectivity index (χ4n) is 2.59. The summed E-state index contributed by atoms with van der Waals surface area (Å²) in [4.78, 5) is 0. The van der Waals surface area contributed by atoms with E-state index in [1.54, 1.807) is 0 Å². The van der Waals surface area contributed by atoms with Gasteiger partial charge in [0.05, 0.1) is 5.60 Å². The van der Waals surface area contributed by atoms with Crippen LogP contribution in [-0.4, -0.2) is 10.7 Å². The lowest BCUT2D eigenvalue weighted by Crippen LogP contribution is -2.37. The largest absolute Gasteiger partial charge is 0.390 e. The fourth-order valence-corrected chi connectivity index (χ4v) is 2.59. The van der Waals surface area contributed by atoms with Crippen molar-refractivity contribution in [3.8, 4) is 0 Å². The fraction of sp³-hybridized carbons (Fsp3) is 1.00. The highest BCUT2D eigenvalue weighted by Crippen LogP contribution is 2.38. The Morgan fingerprint density at radius 1 is 1.33 bits per heavy atom. The monoisotopic (exact) mass is 170 g/mol. The second kappa shape index (κ2) is 3.37. The van der Waals surface area contributed by atoms with Gasteiger partial charge in [-0.3, -0.25) is 0 Å². The lowest BCUT2D eigenvalue weighted by atomic mass is 9.70. The Morgan fingerprint density at radius 3 is 2.33 bits per heavy atom. The van der Waals surface area contributed by atoms with Crippen molar-refractivity contribution < 1.29 is 5.11 Å². The second-order valence-electron chi connectivity index (χ2n) is 5.25. The SMILES string of the molecule is CC1CC(C(C)C)CC(C)(O)C1. The van der Waals surface area contributed by atoms with E-state index in [0.717, 1.165) is 24.7 Å². The molecule has 12 heavy (non-hydrogen) atoms. The van der Waals surface area contributed by atoms with E-state index < -0.39 is 5.60 Å². The molecule has 0 saturated heterocycles. The first kappa shape index (κ1) is 10.0. The van der Waals surface area contributed by atoms with Gasteiger partial charge in [-0.25, -0.2) is 0 Å². The predicted octanol–water partition coefficient (Wildman–Crippen LogP) is 2.83. The topological polar surface area (TPSA) is 20.2 Å². The van der Waals surface area contributed by atoms with E-state index in [0.29, 0.717) is 5.92 Å². The molecular weight excluding hydrogens is 148 g/mol. The molecule has 0 aromatic carbocycles. The molecule has 72 valence electrons. The van der Waals surface area contributed by atoms with Crippen LogP contribution in [0, 0.1) is 17.8 Å². The molecule has 1 nitrogen and oxygen atoms in total. The lowest BCUT2D eigenvalue weighted by molar-refractivity contribution is -0.0276. The van der Waals surface area contributed by atoms with Crippen LogP contribution in [0.1, 0.15) is 47.0 Å². The van der Waals surface area contributed by atoms with Crippen molar-refractivity contribution in [1.82, 2.24) is 0 Å². The summed E-state index contributed by atoms with van der Waals surface area (Å²) in [5.74, 6) is 2.14. The third kappa shape index (κ3) is 2.48. The molecule has 0 aromatic heterocycles. The Balaban J connectivity index is 2.58. The van der Waals surface area contributed by atoms with Gasteiger partial charge in [-0.05, 0) is 43.9 Å². The summed E-state index contributed by atoms with van der Waals surface area (Å²) in [7, 11) is 0. The van der Waals surface area contributed by atoms with E-state index >= 15 is 0 Å². The Bertz CT molecular complexity index is 149. The summed E-state index contributed by atoms with van der Waals surface area (Å²) in [6, 6.07) is 0. The van der Waals surface area contributed by atoms with Gasteiger partial charge in [0.25, 0.3) is 0 Å². The van der Waals surface area contributed by atoms with Crippen LogP contribution in [0.3, 0.4) is 0 Å². The van der Waals surface area contributed by atoms with Crippen molar-refractivity contribution in [2.24, 2.45) is 17.8 Å². The van der Waals surface area contributed by atoms with Gasteiger partial charge in [0.15, 0.2) is 0 Å². The van der Waals surface area contributed by atoms with Crippen LogP contribution in [0.2, 0.25) is 0 Å². The van der Waals surface area contributed by atoms with Crippen molar-refractivity contribution in [3.63, 3.8) is 0 Å². The summed E-state index contributed by atoms with van der Waals surface area (Å²) in [5.41, 5.74) is -0.396. The molecule has 1 saturated carbocycles. The third-order valence-electron chi connectivity index (χ3n) is 3.14. The molecule has 0 radical (unpaired) electrons. The van der Waals surface area contributed by atoms with Crippen LogP contribution in [-0.2, 0) is 0 Å². The minimum Gasteiger partial charge on any atom is -0.390 e. The summed E-state index contributed by atoms with van der Waals surface area (Å²) in [5, 5.41) is 9.96. The molecule has 0 bridgehead atoms. The van der Waals surface area contributed by atoms with E-state index in [4.69, 9.17) is 0 Å². The van der Waals surface area contributed by atoms with E-state index in [2.05, 4.69) is 20.8 Å². The number of hydrogen-bond donors (Lipinski definition) is 1. The van der Waals surface area contributed by atoms with Crippen molar-refractivity contribution in [2.75, 3.05) is 0 Å². The predicted molar refractivity (Wildman–Crippen MR) is 52.0 cm³/mol. The van der Waals surface area contributed by atoms with E-state index in [9.17, 15) is 5.11 Å². The number of rotatable bonds is 1. The Hall–Kier alpha value is -0.0400. The summed E-state index contributed by atoms with van der Waals surface area (Å²) in [6.45, 7) is 8.76. The molecule has 0 heterocycles. The van der Waals surface area contributed by atoms with Crippen molar-refractivity contribution in [3.05, 3.63) is 0 Å². The molecule has 1 fully saturated rings. The first-order chi connectivity index (χ1) is 5.41. The maximum Gasteiger partial charge on any atom is 0.0625 e. The zero-order valence-corrected chi connectivity index (χ0v) is 8.80. The molecule has 3 atom stereocenters. The lowest BCUT2D eigenvalue weighted by Gasteiger charge is -2.39. The van der Waals surface area contributed by atoms with Gasteiger partial charge < -0.3 is 5.11 Å². The van der Waals surface area contributed by atoms with Crippen LogP contribution >= 0.6 is 0 Å². The van der Waals surface area contributed by atoms with Gasteiger partial charge in [0.1, 0.15) is 0 Å². The average molecular weight is 170 g/mol. The summed E-state index contributed by atoms with van der Waals surface area (Å²) in [6.07, 6.45) is 3.28. The molecule has 1 aliphatic rings. The van der Waals surface area contributed by atoms with Gasteiger partial charge in [0, 0.05) is 0 Å². The standard InChI is InChI=1S/C11H22O/c1-8(2)10-5-9(3)6-11(4,12)7-10/h8-10,12H,5-7H2,1-4H3. The molecule has 1 rings (SSSR count). The van der Waals surface area contributed by atoms with Crippen molar-refractivity contribution in [2.45, 2.75) is 52.6 Å². The number of hydrogen-bond acceptors (Lipinski definition) is 1. The van der Waals surface area contributed by atoms with E-state index in [1.807, 2.05) is 6.92 Å². The molecule has 1 heteroatoms. The molecule has 0 aromatic rings. The van der Waals surface area contributed by atoms with E-state index in [-0.39, 0.29) is 0 Å². The van der Waals surface area contributed by atoms with Gasteiger partial charge >= 0.3 is 0 Å². The maximum atomic E-state index is 9.96. The van der Waals surface area contributed by atoms with Crippen LogP contribution in [0.4, 0.5) is 0 Å². The Morgan fingerprint density at radius 2 is 1.92 bits per heavy atom. The second-order valence-corrected chi connectivity index (χ2v) is 5.25.